The maximum Gasteiger partial charge on any atom is 0.234 e. The third-order valence-corrected chi connectivity index (χ3v) is 3.27. The Morgan fingerprint density at radius 3 is 2.39 bits per heavy atom. The lowest BCUT2D eigenvalue weighted by atomic mass is 10.0. The van der Waals surface area contributed by atoms with Gasteiger partial charge in [0.15, 0.2) is 0 Å². The van der Waals surface area contributed by atoms with Crippen LogP contribution in [0.4, 0.5) is 0 Å². The summed E-state index contributed by atoms with van der Waals surface area (Å²) in [6.07, 6.45) is 3.38. The topological polar surface area (TPSA) is 44.4 Å². The zero-order valence-electron chi connectivity index (χ0n) is 12.4. The minimum absolute atomic E-state index is 0.00182. The number of carbonyl (C=O) groups is 1. The van der Waals surface area contributed by atoms with Crippen LogP contribution in [0.3, 0.4) is 0 Å². The summed E-state index contributed by atoms with van der Waals surface area (Å²) in [6.45, 7) is 12.3. The number of carbonyl (C=O) groups excluding carboxylic acids is 1. The largest absolute Gasteiger partial charge is 0.352 e. The predicted octanol–water partition coefficient (Wildman–Crippen LogP) is 1.37. The van der Waals surface area contributed by atoms with E-state index in [1.54, 1.807) is 0 Å². The number of piperidine rings is 1. The van der Waals surface area contributed by atoms with Gasteiger partial charge in [0.25, 0.3) is 0 Å². The molecule has 1 saturated heterocycles. The van der Waals surface area contributed by atoms with Gasteiger partial charge < -0.3 is 15.5 Å². The normalized spacial score (nSPS) is 18.9. The molecule has 0 unspecified atom stereocenters. The summed E-state index contributed by atoms with van der Waals surface area (Å²) in [5, 5.41) is 6.34. The number of amides is 1. The zero-order chi connectivity index (χ0) is 13.6. The van der Waals surface area contributed by atoms with Gasteiger partial charge in [0, 0.05) is 24.7 Å². The molecule has 1 rings (SSSR count). The molecule has 0 aromatic rings. The van der Waals surface area contributed by atoms with Crippen molar-refractivity contribution in [1.82, 2.24) is 15.5 Å². The molecule has 0 aliphatic carbocycles. The maximum atomic E-state index is 11.8. The summed E-state index contributed by atoms with van der Waals surface area (Å²) in [5.41, 5.74) is 0.00182. The Labute approximate surface area is 111 Å². The van der Waals surface area contributed by atoms with Crippen molar-refractivity contribution in [2.24, 2.45) is 0 Å². The first-order valence-corrected chi connectivity index (χ1v) is 7.17. The Hall–Kier alpha value is -0.610. The van der Waals surface area contributed by atoms with Crippen LogP contribution < -0.4 is 10.6 Å². The molecule has 2 N–H and O–H groups in total. The second-order valence-corrected chi connectivity index (χ2v) is 6.29. The highest BCUT2D eigenvalue weighted by molar-refractivity contribution is 5.78. The van der Waals surface area contributed by atoms with Crippen LogP contribution in [0.5, 0.6) is 0 Å². The van der Waals surface area contributed by atoms with Crippen molar-refractivity contribution in [3.63, 3.8) is 0 Å². The molecule has 1 heterocycles. The van der Waals surface area contributed by atoms with E-state index in [0.29, 0.717) is 12.6 Å². The van der Waals surface area contributed by atoms with Crippen molar-refractivity contribution >= 4 is 5.91 Å². The highest BCUT2D eigenvalue weighted by Crippen LogP contribution is 2.10. The van der Waals surface area contributed by atoms with Gasteiger partial charge in [-0.15, -0.1) is 0 Å². The van der Waals surface area contributed by atoms with E-state index in [-0.39, 0.29) is 11.4 Å². The number of nitrogens with zero attached hydrogens (tertiary/aromatic N) is 1. The molecule has 1 fully saturated rings. The van der Waals surface area contributed by atoms with Crippen LogP contribution in [0.25, 0.3) is 0 Å². The molecule has 1 amide bonds. The van der Waals surface area contributed by atoms with Crippen LogP contribution in [0.1, 0.15) is 47.0 Å². The third-order valence-electron chi connectivity index (χ3n) is 3.27. The van der Waals surface area contributed by atoms with Gasteiger partial charge in [-0.3, -0.25) is 4.79 Å². The molecule has 0 saturated carbocycles. The second-order valence-electron chi connectivity index (χ2n) is 6.29. The molecule has 1 aliphatic rings. The molecule has 18 heavy (non-hydrogen) atoms. The van der Waals surface area contributed by atoms with E-state index in [4.69, 9.17) is 0 Å². The van der Waals surface area contributed by atoms with E-state index in [1.165, 1.54) is 13.0 Å². The van der Waals surface area contributed by atoms with E-state index < -0.39 is 0 Å². The van der Waals surface area contributed by atoms with Crippen LogP contribution >= 0.6 is 0 Å². The highest BCUT2D eigenvalue weighted by atomic mass is 16.2. The lowest BCUT2D eigenvalue weighted by Crippen LogP contribution is -2.49. The van der Waals surface area contributed by atoms with Gasteiger partial charge in [0.2, 0.25) is 5.91 Å². The Morgan fingerprint density at radius 2 is 1.89 bits per heavy atom. The molecule has 1 aliphatic heterocycles. The summed E-state index contributed by atoms with van der Waals surface area (Å²) in [6, 6.07) is 0.368. The first-order chi connectivity index (χ1) is 8.40. The second kappa shape index (κ2) is 7.10. The fourth-order valence-electron chi connectivity index (χ4n) is 2.24. The molecular weight excluding hydrogens is 226 g/mol. The molecule has 4 nitrogen and oxygen atoms in total. The molecule has 0 aromatic carbocycles. The van der Waals surface area contributed by atoms with Gasteiger partial charge in [-0.1, -0.05) is 6.92 Å². The van der Waals surface area contributed by atoms with E-state index >= 15 is 0 Å². The van der Waals surface area contributed by atoms with Crippen LogP contribution in [0.2, 0.25) is 0 Å². The quantitative estimate of drug-likeness (QED) is 0.780. The average Bonchev–Trinajstić information content (AvgIpc) is 2.29. The van der Waals surface area contributed by atoms with Crippen molar-refractivity contribution in [3.05, 3.63) is 0 Å². The van der Waals surface area contributed by atoms with E-state index in [2.05, 4.69) is 43.2 Å². The summed E-state index contributed by atoms with van der Waals surface area (Å²) in [4.78, 5) is 14.3. The summed E-state index contributed by atoms with van der Waals surface area (Å²) in [7, 11) is 0. The average molecular weight is 255 g/mol. The minimum Gasteiger partial charge on any atom is -0.352 e. The smallest absolute Gasteiger partial charge is 0.234 e. The SMILES string of the molecule is CCCN1CCC(NC(=O)CNC(C)(C)C)CC1. The Kier molecular flexibility index (Phi) is 6.09. The highest BCUT2D eigenvalue weighted by Gasteiger charge is 2.20. The van der Waals surface area contributed by atoms with E-state index in [1.807, 2.05) is 0 Å². The molecule has 0 atom stereocenters. The van der Waals surface area contributed by atoms with E-state index in [9.17, 15) is 4.79 Å². The molecule has 0 spiro atoms. The van der Waals surface area contributed by atoms with Crippen LogP contribution in [-0.4, -0.2) is 48.6 Å². The van der Waals surface area contributed by atoms with Gasteiger partial charge in [0.1, 0.15) is 0 Å². The number of hydrogen-bond donors (Lipinski definition) is 2. The van der Waals surface area contributed by atoms with Gasteiger partial charge in [-0.05, 0) is 46.6 Å². The number of hydrogen-bond acceptors (Lipinski definition) is 3. The maximum absolute atomic E-state index is 11.8. The van der Waals surface area contributed by atoms with E-state index in [0.717, 1.165) is 25.9 Å². The van der Waals surface area contributed by atoms with Crippen LogP contribution in [-0.2, 0) is 4.79 Å². The number of likely N-dealkylation sites (tertiary alicyclic amines) is 1. The van der Waals surface area contributed by atoms with Gasteiger partial charge in [-0.25, -0.2) is 0 Å². The molecule has 106 valence electrons. The van der Waals surface area contributed by atoms with Gasteiger partial charge in [0.05, 0.1) is 6.54 Å². The lowest BCUT2D eigenvalue weighted by molar-refractivity contribution is -0.121. The summed E-state index contributed by atoms with van der Waals surface area (Å²) in [5.74, 6) is 0.124. The first kappa shape index (κ1) is 15.4. The predicted molar refractivity (Wildman–Crippen MR) is 75.7 cm³/mol. The Bertz CT molecular complexity index is 252. The zero-order valence-corrected chi connectivity index (χ0v) is 12.4. The summed E-state index contributed by atoms with van der Waals surface area (Å²) < 4.78 is 0. The molecule has 4 heteroatoms. The fraction of sp³-hybridized carbons (Fsp3) is 0.929. The fourth-order valence-corrected chi connectivity index (χ4v) is 2.24. The van der Waals surface area contributed by atoms with Gasteiger partial charge >= 0.3 is 0 Å². The van der Waals surface area contributed by atoms with Gasteiger partial charge in [-0.2, -0.15) is 0 Å². The first-order valence-electron chi connectivity index (χ1n) is 7.17. The monoisotopic (exact) mass is 255 g/mol. The van der Waals surface area contributed by atoms with Crippen molar-refractivity contribution in [1.29, 1.82) is 0 Å². The minimum atomic E-state index is 0.00182. The molecule has 0 bridgehead atoms. The van der Waals surface area contributed by atoms with Crippen molar-refractivity contribution < 1.29 is 4.79 Å². The van der Waals surface area contributed by atoms with Crippen LogP contribution in [0, 0.1) is 0 Å². The van der Waals surface area contributed by atoms with Crippen molar-refractivity contribution in [3.8, 4) is 0 Å². The standard InChI is InChI=1S/C14H29N3O/c1-5-8-17-9-6-12(7-10-17)16-13(18)11-15-14(2,3)4/h12,15H,5-11H2,1-4H3,(H,16,18). The number of nitrogens with one attached hydrogen (secondary N) is 2. The van der Waals surface area contributed by atoms with Crippen molar-refractivity contribution in [2.45, 2.75) is 58.5 Å². The van der Waals surface area contributed by atoms with Crippen LogP contribution in [0.15, 0.2) is 0 Å². The van der Waals surface area contributed by atoms with Crippen molar-refractivity contribution in [2.75, 3.05) is 26.2 Å². The molecule has 0 aromatic heterocycles. The molecular formula is C14H29N3O. The molecule has 0 radical (unpaired) electrons. The number of rotatable bonds is 5. The lowest BCUT2D eigenvalue weighted by Gasteiger charge is -2.32. The summed E-state index contributed by atoms with van der Waals surface area (Å²) >= 11 is 0. The third kappa shape index (κ3) is 6.36. The Morgan fingerprint density at radius 1 is 1.28 bits per heavy atom. The Balaban J connectivity index is 2.18.